The van der Waals surface area contributed by atoms with Gasteiger partial charge < -0.3 is 9.72 Å². The Morgan fingerprint density at radius 2 is 1.88 bits per heavy atom. The number of hydrogen-bond acceptors (Lipinski definition) is 3. The number of nitrogens with zero attached hydrogens (tertiary/aromatic N) is 1. The number of fused-ring (bicyclic) bond motifs is 1. The van der Waals surface area contributed by atoms with Gasteiger partial charge in [-0.05, 0) is 24.1 Å². The van der Waals surface area contributed by atoms with Gasteiger partial charge in [-0.25, -0.2) is 4.79 Å². The van der Waals surface area contributed by atoms with Crippen molar-refractivity contribution in [3.63, 3.8) is 0 Å². The number of H-pyrrole nitrogens is 1. The summed E-state index contributed by atoms with van der Waals surface area (Å²) in [5.74, 6) is -0.347. The van der Waals surface area contributed by atoms with E-state index in [0.717, 1.165) is 22.0 Å². The molecule has 0 amide bonds. The number of aromatic nitrogens is 1. The van der Waals surface area contributed by atoms with E-state index in [1.54, 1.807) is 13.1 Å². The van der Waals surface area contributed by atoms with Gasteiger partial charge in [-0.1, -0.05) is 48.5 Å². The van der Waals surface area contributed by atoms with Gasteiger partial charge in [0.05, 0.1) is 7.11 Å². The molecule has 2 aromatic carbocycles. The minimum absolute atomic E-state index is 0.347. The Balaban J connectivity index is 1.94. The van der Waals surface area contributed by atoms with Gasteiger partial charge in [0.15, 0.2) is 5.54 Å². The van der Waals surface area contributed by atoms with Crippen molar-refractivity contribution in [1.82, 2.24) is 4.98 Å². The highest BCUT2D eigenvalue weighted by atomic mass is 16.5. The fourth-order valence-electron chi connectivity index (χ4n) is 2.80. The first-order valence-corrected chi connectivity index (χ1v) is 7.86. The zero-order valence-electron chi connectivity index (χ0n) is 13.8. The number of hydrogen-bond donors (Lipinski definition) is 1. The number of nitrogens with one attached hydrogen (secondary N) is 1. The fourth-order valence-corrected chi connectivity index (χ4v) is 2.80. The number of methoxy groups -OCH3 is 1. The molecule has 0 saturated heterocycles. The zero-order chi connectivity index (χ0) is 17.0. The van der Waals surface area contributed by atoms with E-state index in [4.69, 9.17) is 4.74 Å². The summed E-state index contributed by atoms with van der Waals surface area (Å²) in [4.78, 5) is 20.2. The SMILES string of the molecule is COC(=O)[C@](C)(Cc1c[nH]c2ccccc12)N=Cc1ccccc1. The number of para-hydroxylation sites is 1. The van der Waals surface area contributed by atoms with Crippen molar-refractivity contribution in [1.29, 1.82) is 0 Å². The highest BCUT2D eigenvalue weighted by Crippen LogP contribution is 2.25. The number of carbonyl (C=O) groups is 1. The molecular weight excluding hydrogens is 300 g/mol. The zero-order valence-corrected chi connectivity index (χ0v) is 13.8. The molecule has 1 aromatic heterocycles. The number of esters is 1. The van der Waals surface area contributed by atoms with Crippen LogP contribution in [0, 0.1) is 0 Å². The molecule has 0 saturated carbocycles. The van der Waals surface area contributed by atoms with E-state index < -0.39 is 5.54 Å². The molecule has 4 heteroatoms. The van der Waals surface area contributed by atoms with Crippen LogP contribution in [0.1, 0.15) is 18.1 Å². The van der Waals surface area contributed by atoms with Crippen LogP contribution in [0.15, 0.2) is 65.8 Å². The second-order valence-electron chi connectivity index (χ2n) is 5.97. The van der Waals surface area contributed by atoms with Crippen LogP contribution in [-0.4, -0.2) is 29.8 Å². The monoisotopic (exact) mass is 320 g/mol. The Kier molecular flexibility index (Phi) is 4.47. The maximum absolute atomic E-state index is 12.4. The van der Waals surface area contributed by atoms with Crippen molar-refractivity contribution in [2.45, 2.75) is 18.9 Å². The third-order valence-corrected chi connectivity index (χ3v) is 4.13. The molecule has 122 valence electrons. The van der Waals surface area contributed by atoms with E-state index >= 15 is 0 Å². The van der Waals surface area contributed by atoms with Crippen LogP contribution in [0.3, 0.4) is 0 Å². The van der Waals surface area contributed by atoms with E-state index in [9.17, 15) is 4.79 Å². The summed E-state index contributed by atoms with van der Waals surface area (Å²) in [6, 6.07) is 17.8. The largest absolute Gasteiger partial charge is 0.467 e. The van der Waals surface area contributed by atoms with Crippen molar-refractivity contribution in [3.05, 3.63) is 71.9 Å². The van der Waals surface area contributed by atoms with E-state index in [1.807, 2.05) is 60.8 Å². The summed E-state index contributed by atoms with van der Waals surface area (Å²) in [5, 5.41) is 1.10. The van der Waals surface area contributed by atoms with Crippen LogP contribution in [0.4, 0.5) is 0 Å². The van der Waals surface area contributed by atoms with Crippen molar-refractivity contribution >= 4 is 23.1 Å². The topological polar surface area (TPSA) is 54.5 Å². The van der Waals surface area contributed by atoms with Crippen LogP contribution in [0.25, 0.3) is 10.9 Å². The quantitative estimate of drug-likeness (QED) is 0.575. The summed E-state index contributed by atoms with van der Waals surface area (Å²) < 4.78 is 5.00. The summed E-state index contributed by atoms with van der Waals surface area (Å²) in [6.45, 7) is 1.81. The normalized spacial score (nSPS) is 13.9. The smallest absolute Gasteiger partial charge is 0.333 e. The molecule has 1 N–H and O–H groups in total. The minimum Gasteiger partial charge on any atom is -0.467 e. The Morgan fingerprint density at radius 3 is 2.62 bits per heavy atom. The lowest BCUT2D eigenvalue weighted by Gasteiger charge is -2.22. The summed E-state index contributed by atoms with van der Waals surface area (Å²) >= 11 is 0. The maximum Gasteiger partial charge on any atom is 0.333 e. The Hall–Kier alpha value is -2.88. The van der Waals surface area contributed by atoms with E-state index in [2.05, 4.69) is 9.98 Å². The molecule has 0 unspecified atom stereocenters. The molecule has 3 aromatic rings. The third-order valence-electron chi connectivity index (χ3n) is 4.13. The average Bonchev–Trinajstić information content (AvgIpc) is 3.03. The second-order valence-corrected chi connectivity index (χ2v) is 5.97. The number of aromatic amines is 1. The maximum atomic E-state index is 12.4. The van der Waals surface area contributed by atoms with Gasteiger partial charge in [-0.3, -0.25) is 4.99 Å². The van der Waals surface area contributed by atoms with E-state index in [1.165, 1.54) is 7.11 Å². The predicted octanol–water partition coefficient (Wildman–Crippen LogP) is 3.76. The van der Waals surface area contributed by atoms with Crippen LogP contribution < -0.4 is 0 Å². The molecule has 3 rings (SSSR count). The Morgan fingerprint density at radius 1 is 1.17 bits per heavy atom. The van der Waals surface area contributed by atoms with Gasteiger partial charge in [0, 0.05) is 29.7 Å². The van der Waals surface area contributed by atoms with Crippen molar-refractivity contribution in [3.8, 4) is 0 Å². The predicted molar refractivity (Wildman–Crippen MR) is 96.5 cm³/mol. The van der Waals surface area contributed by atoms with Gasteiger partial charge in [0.1, 0.15) is 0 Å². The van der Waals surface area contributed by atoms with Crippen LogP contribution in [0.2, 0.25) is 0 Å². The Bertz CT molecular complexity index is 867. The molecule has 0 aliphatic heterocycles. The molecule has 0 radical (unpaired) electrons. The van der Waals surface area contributed by atoms with E-state index in [0.29, 0.717) is 6.42 Å². The van der Waals surface area contributed by atoms with Gasteiger partial charge in [-0.15, -0.1) is 0 Å². The summed E-state index contributed by atoms with van der Waals surface area (Å²) in [7, 11) is 1.40. The molecule has 0 fully saturated rings. The lowest BCUT2D eigenvalue weighted by molar-refractivity contribution is -0.146. The third kappa shape index (κ3) is 3.23. The molecule has 4 nitrogen and oxygen atoms in total. The first-order valence-electron chi connectivity index (χ1n) is 7.86. The number of ether oxygens (including phenoxy) is 1. The molecule has 0 aliphatic rings. The van der Waals surface area contributed by atoms with Gasteiger partial charge >= 0.3 is 5.97 Å². The molecular formula is C20H20N2O2. The summed E-state index contributed by atoms with van der Waals surface area (Å²) in [6.07, 6.45) is 4.13. The number of benzene rings is 2. The van der Waals surface area contributed by atoms with E-state index in [-0.39, 0.29) is 5.97 Å². The van der Waals surface area contributed by atoms with Crippen molar-refractivity contribution in [2.75, 3.05) is 7.11 Å². The molecule has 24 heavy (non-hydrogen) atoms. The number of carbonyl (C=O) groups excluding carboxylic acids is 1. The van der Waals surface area contributed by atoms with Crippen molar-refractivity contribution in [2.24, 2.45) is 4.99 Å². The molecule has 1 atom stereocenters. The lowest BCUT2D eigenvalue weighted by Crippen LogP contribution is -2.37. The first kappa shape index (κ1) is 16.0. The van der Waals surface area contributed by atoms with Gasteiger partial charge in [0.25, 0.3) is 0 Å². The molecule has 1 heterocycles. The Labute approximate surface area is 141 Å². The number of rotatable bonds is 5. The second kappa shape index (κ2) is 6.71. The lowest BCUT2D eigenvalue weighted by atomic mass is 9.93. The van der Waals surface area contributed by atoms with Gasteiger partial charge in [0.2, 0.25) is 0 Å². The fraction of sp³-hybridized carbons (Fsp3) is 0.200. The van der Waals surface area contributed by atoms with Crippen LogP contribution in [-0.2, 0) is 16.0 Å². The molecule has 0 aliphatic carbocycles. The standard InChI is InChI=1S/C20H20N2O2/c1-20(19(23)24-2,22-13-15-8-4-3-5-9-15)12-16-14-21-18-11-7-6-10-17(16)18/h3-11,13-14,21H,12H2,1-2H3/t20-/m0/s1. The highest BCUT2D eigenvalue weighted by Gasteiger charge is 2.34. The summed E-state index contributed by atoms with van der Waals surface area (Å²) in [5.41, 5.74) is 2.07. The molecule has 0 bridgehead atoms. The number of aliphatic imine (C=N–C) groups is 1. The first-order chi connectivity index (χ1) is 11.6. The highest BCUT2D eigenvalue weighted by molar-refractivity contribution is 5.89. The average molecular weight is 320 g/mol. The minimum atomic E-state index is -0.977. The van der Waals surface area contributed by atoms with Crippen LogP contribution in [0.5, 0.6) is 0 Å². The van der Waals surface area contributed by atoms with Gasteiger partial charge in [-0.2, -0.15) is 0 Å². The van der Waals surface area contributed by atoms with Crippen LogP contribution >= 0.6 is 0 Å². The van der Waals surface area contributed by atoms with Crippen molar-refractivity contribution < 1.29 is 9.53 Å². The molecule has 0 spiro atoms.